The van der Waals surface area contributed by atoms with E-state index in [1.54, 1.807) is 18.6 Å². The number of hydrogen-bond donors (Lipinski definition) is 1. The third-order valence-electron chi connectivity index (χ3n) is 6.92. The first kappa shape index (κ1) is 29.2. The van der Waals surface area contributed by atoms with Crippen molar-refractivity contribution in [3.8, 4) is 11.6 Å². The molecule has 0 saturated heterocycles. The Hall–Kier alpha value is -5.28. The molecule has 0 saturated carbocycles. The molecule has 9 heteroatoms. The summed E-state index contributed by atoms with van der Waals surface area (Å²) in [6.45, 7) is 3.12. The zero-order valence-corrected chi connectivity index (χ0v) is 24.1. The topological polar surface area (TPSA) is 101 Å². The average molecular weight is 576 g/mol. The van der Waals surface area contributed by atoms with E-state index in [1.807, 2.05) is 84.9 Å². The fraction of sp³-hybridized carbons (Fsp3) is 0.176. The number of fused-ring (bicyclic) bond motifs is 1. The van der Waals surface area contributed by atoms with Crippen LogP contribution < -0.4 is 4.74 Å². The molecule has 1 N–H and O–H groups in total. The van der Waals surface area contributed by atoms with Gasteiger partial charge in [-0.15, -0.1) is 10.2 Å². The van der Waals surface area contributed by atoms with Crippen molar-refractivity contribution < 1.29 is 19.5 Å². The lowest BCUT2D eigenvalue weighted by Crippen LogP contribution is -2.25. The van der Waals surface area contributed by atoms with E-state index < -0.39 is 12.5 Å². The molecule has 1 heterocycles. The maximum Gasteiger partial charge on any atom is 0.304 e. The van der Waals surface area contributed by atoms with Gasteiger partial charge in [0, 0.05) is 18.5 Å². The Balaban J connectivity index is 1.33. The summed E-state index contributed by atoms with van der Waals surface area (Å²) in [6.07, 6.45) is 0. The van der Waals surface area contributed by atoms with E-state index in [2.05, 4.69) is 44.5 Å². The van der Waals surface area contributed by atoms with Crippen LogP contribution in [0.15, 0.2) is 125 Å². The van der Waals surface area contributed by atoms with Gasteiger partial charge in [0.15, 0.2) is 12.3 Å². The number of aromatic nitrogens is 1. The summed E-state index contributed by atoms with van der Waals surface area (Å²) in [7, 11) is 1.60. The molecule has 4 aromatic carbocycles. The van der Waals surface area contributed by atoms with Crippen molar-refractivity contribution in [2.24, 2.45) is 15.4 Å². The number of rotatable bonds is 12. The standard InChI is InChI=1S/C34H33N5O4/c1-25(28-17-19-29(42-2)20-18-28)37-43-23-32(40)35-36-33-30-15-9-10-16-31(30)39(34(33)41)24-38(21-26-11-5-3-6-12-26)22-27-13-7-4-8-14-27/h3-20,41H,21-24H2,1-2H3. The summed E-state index contributed by atoms with van der Waals surface area (Å²) >= 11 is 0. The highest BCUT2D eigenvalue weighted by Gasteiger charge is 2.19. The smallest absolute Gasteiger partial charge is 0.304 e. The van der Waals surface area contributed by atoms with E-state index in [-0.39, 0.29) is 11.6 Å². The normalized spacial score (nSPS) is 11.8. The maximum atomic E-state index is 12.5. The number of oxime groups is 1. The van der Waals surface area contributed by atoms with E-state index in [9.17, 15) is 9.90 Å². The van der Waals surface area contributed by atoms with Crippen molar-refractivity contribution in [3.05, 3.63) is 126 Å². The SMILES string of the molecule is COc1ccc(C(C)=NOCC(=O)N=Nc2c(O)n(CN(Cc3ccccc3)Cc3ccccc3)c3ccccc23)cc1. The van der Waals surface area contributed by atoms with Gasteiger partial charge in [0.05, 0.1) is 25.0 Å². The Bertz CT molecular complexity index is 1670. The van der Waals surface area contributed by atoms with Crippen LogP contribution in [0.5, 0.6) is 11.6 Å². The van der Waals surface area contributed by atoms with Crippen LogP contribution in [0.1, 0.15) is 23.6 Å². The number of para-hydroxylation sites is 1. The Morgan fingerprint density at radius 1 is 0.837 bits per heavy atom. The zero-order valence-electron chi connectivity index (χ0n) is 24.1. The largest absolute Gasteiger partial charge is 0.497 e. The third-order valence-corrected chi connectivity index (χ3v) is 6.92. The van der Waals surface area contributed by atoms with Gasteiger partial charge in [-0.3, -0.25) is 14.3 Å². The number of methoxy groups -OCH3 is 1. The second kappa shape index (κ2) is 14.1. The first-order valence-corrected chi connectivity index (χ1v) is 13.9. The Labute approximate surface area is 250 Å². The van der Waals surface area contributed by atoms with Gasteiger partial charge in [0.25, 0.3) is 0 Å². The minimum atomic E-state index is -0.628. The number of carbonyl (C=O) groups is 1. The van der Waals surface area contributed by atoms with Crippen molar-refractivity contribution in [2.45, 2.75) is 26.7 Å². The molecule has 0 spiro atoms. The molecular formula is C34H33N5O4. The van der Waals surface area contributed by atoms with Crippen LogP contribution in [-0.2, 0) is 29.4 Å². The van der Waals surface area contributed by atoms with E-state index in [0.29, 0.717) is 30.9 Å². The molecule has 0 aliphatic heterocycles. The van der Waals surface area contributed by atoms with E-state index in [4.69, 9.17) is 9.57 Å². The Morgan fingerprint density at radius 3 is 2.07 bits per heavy atom. The maximum absolute atomic E-state index is 12.5. The van der Waals surface area contributed by atoms with Crippen LogP contribution in [0.2, 0.25) is 0 Å². The quantitative estimate of drug-likeness (QED) is 0.0974. The fourth-order valence-electron chi connectivity index (χ4n) is 4.76. The number of ether oxygens (including phenoxy) is 1. The van der Waals surface area contributed by atoms with Gasteiger partial charge in [-0.1, -0.05) is 84.0 Å². The van der Waals surface area contributed by atoms with Crippen LogP contribution in [0, 0.1) is 0 Å². The first-order chi connectivity index (χ1) is 21.0. The second-order valence-corrected chi connectivity index (χ2v) is 9.99. The van der Waals surface area contributed by atoms with Crippen molar-refractivity contribution in [3.63, 3.8) is 0 Å². The van der Waals surface area contributed by atoms with Crippen LogP contribution >= 0.6 is 0 Å². The summed E-state index contributed by atoms with van der Waals surface area (Å²) in [5, 5.41) is 24.0. The van der Waals surface area contributed by atoms with E-state index >= 15 is 0 Å². The fourth-order valence-corrected chi connectivity index (χ4v) is 4.76. The predicted octanol–water partition coefficient (Wildman–Crippen LogP) is 7.07. The van der Waals surface area contributed by atoms with Gasteiger partial charge in [-0.05, 0) is 53.9 Å². The molecule has 1 amide bonds. The molecule has 1 aromatic heterocycles. The van der Waals surface area contributed by atoms with Crippen molar-refractivity contribution >= 4 is 28.2 Å². The lowest BCUT2D eigenvalue weighted by molar-refractivity contribution is -0.122. The molecule has 0 unspecified atom stereocenters. The van der Waals surface area contributed by atoms with Gasteiger partial charge in [0.1, 0.15) is 5.75 Å². The summed E-state index contributed by atoms with van der Waals surface area (Å²) in [5.41, 5.74) is 4.75. The molecule has 9 nitrogen and oxygen atoms in total. The highest BCUT2D eigenvalue weighted by molar-refractivity contribution is 5.98. The van der Waals surface area contributed by atoms with Crippen LogP contribution in [-0.4, -0.2) is 39.9 Å². The molecule has 5 rings (SSSR count). The minimum absolute atomic E-state index is 0.0711. The molecule has 5 aromatic rings. The lowest BCUT2D eigenvalue weighted by atomic mass is 10.1. The molecule has 0 radical (unpaired) electrons. The molecule has 43 heavy (non-hydrogen) atoms. The summed E-state index contributed by atoms with van der Waals surface area (Å²) < 4.78 is 6.96. The molecule has 0 atom stereocenters. The minimum Gasteiger partial charge on any atom is -0.497 e. The van der Waals surface area contributed by atoms with Gasteiger partial charge in [-0.2, -0.15) is 0 Å². The summed E-state index contributed by atoms with van der Waals surface area (Å²) in [4.78, 5) is 19.9. The van der Waals surface area contributed by atoms with Gasteiger partial charge >= 0.3 is 5.91 Å². The van der Waals surface area contributed by atoms with E-state index in [0.717, 1.165) is 28.0 Å². The molecule has 218 valence electrons. The summed E-state index contributed by atoms with van der Waals surface area (Å²) in [6, 6.07) is 35.3. The van der Waals surface area contributed by atoms with Crippen LogP contribution in [0.4, 0.5) is 5.69 Å². The van der Waals surface area contributed by atoms with Gasteiger partial charge in [-0.25, -0.2) is 0 Å². The van der Waals surface area contributed by atoms with Crippen LogP contribution in [0.25, 0.3) is 10.9 Å². The molecular weight excluding hydrogens is 542 g/mol. The van der Waals surface area contributed by atoms with Crippen molar-refractivity contribution in [1.82, 2.24) is 9.47 Å². The number of nitrogens with zero attached hydrogens (tertiary/aromatic N) is 5. The zero-order chi connectivity index (χ0) is 30.0. The lowest BCUT2D eigenvalue weighted by Gasteiger charge is -2.24. The Morgan fingerprint density at radius 2 is 1.44 bits per heavy atom. The first-order valence-electron chi connectivity index (χ1n) is 13.9. The predicted molar refractivity (Wildman–Crippen MR) is 166 cm³/mol. The highest BCUT2D eigenvalue weighted by atomic mass is 16.6. The third kappa shape index (κ3) is 7.52. The van der Waals surface area contributed by atoms with Gasteiger partial charge < -0.3 is 14.7 Å². The van der Waals surface area contributed by atoms with E-state index in [1.165, 1.54) is 0 Å². The summed E-state index contributed by atoms with van der Waals surface area (Å²) in [5.74, 6) is 0.0354. The highest BCUT2D eigenvalue weighted by Crippen LogP contribution is 2.39. The second-order valence-electron chi connectivity index (χ2n) is 9.99. The number of benzene rings is 4. The van der Waals surface area contributed by atoms with Crippen LogP contribution in [0.3, 0.4) is 0 Å². The number of amides is 1. The molecule has 0 bridgehead atoms. The van der Waals surface area contributed by atoms with Gasteiger partial charge in [0.2, 0.25) is 5.88 Å². The number of carbonyl (C=O) groups excluding carboxylic acids is 1. The number of hydrogen-bond acceptors (Lipinski definition) is 7. The molecule has 0 aliphatic rings. The van der Waals surface area contributed by atoms with Crippen molar-refractivity contribution in [2.75, 3.05) is 13.7 Å². The monoisotopic (exact) mass is 575 g/mol. The average Bonchev–Trinajstić information content (AvgIpc) is 3.30. The molecule has 0 fully saturated rings. The number of azo groups is 1. The Kier molecular flexibility index (Phi) is 9.56. The van der Waals surface area contributed by atoms with Crippen molar-refractivity contribution in [1.29, 1.82) is 0 Å². The molecule has 0 aliphatic carbocycles. The number of aromatic hydroxyl groups is 1.